The maximum atomic E-state index is 11.1. The summed E-state index contributed by atoms with van der Waals surface area (Å²) in [4.78, 5) is 10.6. The molecule has 0 bridgehead atoms. The second-order valence-electron chi connectivity index (χ2n) is 4.39. The van der Waals surface area contributed by atoms with Gasteiger partial charge in [-0.2, -0.15) is 0 Å². The molecule has 0 aromatic heterocycles. The molecule has 112 valence electrons. The van der Waals surface area contributed by atoms with Crippen LogP contribution in [0.3, 0.4) is 0 Å². The minimum absolute atomic E-state index is 0.0000940. The van der Waals surface area contributed by atoms with Gasteiger partial charge in [0.1, 0.15) is 5.75 Å². The number of hydrogen-bond donors (Lipinski definition) is 0. The SMILES string of the molecule is CCCCOc1ccc(OCCCC)c([N+](=O)[O-])c1Cl. The molecule has 1 aromatic carbocycles. The number of nitrogens with zero attached hydrogens (tertiary/aromatic N) is 1. The molecule has 6 heteroatoms. The van der Waals surface area contributed by atoms with Crippen molar-refractivity contribution in [2.45, 2.75) is 39.5 Å². The fourth-order valence-corrected chi connectivity index (χ4v) is 1.86. The van der Waals surface area contributed by atoms with Gasteiger partial charge in [0.25, 0.3) is 0 Å². The number of nitro groups is 1. The Labute approximate surface area is 124 Å². The molecule has 20 heavy (non-hydrogen) atoms. The van der Waals surface area contributed by atoms with E-state index in [1.807, 2.05) is 13.8 Å². The average Bonchev–Trinajstić information content (AvgIpc) is 2.41. The van der Waals surface area contributed by atoms with E-state index in [4.69, 9.17) is 21.1 Å². The summed E-state index contributed by atoms with van der Waals surface area (Å²) >= 11 is 6.05. The molecule has 0 N–H and O–H groups in total. The Morgan fingerprint density at radius 1 is 1.10 bits per heavy atom. The van der Waals surface area contributed by atoms with Crippen LogP contribution in [0.1, 0.15) is 39.5 Å². The van der Waals surface area contributed by atoms with Gasteiger partial charge in [-0.15, -0.1) is 0 Å². The molecule has 1 rings (SSSR count). The third kappa shape index (κ3) is 4.56. The number of nitro benzene ring substituents is 1. The highest BCUT2D eigenvalue weighted by Crippen LogP contribution is 2.41. The van der Waals surface area contributed by atoms with Crippen LogP contribution in [0.25, 0.3) is 0 Å². The fraction of sp³-hybridized carbons (Fsp3) is 0.571. The molecular formula is C14H20ClNO4. The van der Waals surface area contributed by atoms with Gasteiger partial charge < -0.3 is 9.47 Å². The molecule has 0 saturated heterocycles. The molecule has 0 aliphatic heterocycles. The average molecular weight is 302 g/mol. The van der Waals surface area contributed by atoms with Crippen LogP contribution in [0, 0.1) is 10.1 Å². The van der Waals surface area contributed by atoms with Gasteiger partial charge in [0.05, 0.1) is 18.1 Å². The van der Waals surface area contributed by atoms with Crippen LogP contribution >= 0.6 is 11.6 Å². The molecule has 0 radical (unpaired) electrons. The summed E-state index contributed by atoms with van der Waals surface area (Å²) in [6.45, 7) is 4.99. The topological polar surface area (TPSA) is 61.6 Å². The van der Waals surface area contributed by atoms with Crippen LogP contribution in [0.15, 0.2) is 12.1 Å². The van der Waals surface area contributed by atoms with Gasteiger partial charge in [0.15, 0.2) is 10.8 Å². The third-order valence-electron chi connectivity index (χ3n) is 2.74. The lowest BCUT2D eigenvalue weighted by molar-refractivity contribution is -0.385. The summed E-state index contributed by atoms with van der Waals surface area (Å²) in [6.07, 6.45) is 3.65. The van der Waals surface area contributed by atoms with E-state index in [9.17, 15) is 10.1 Å². The molecule has 0 atom stereocenters. The van der Waals surface area contributed by atoms with E-state index < -0.39 is 4.92 Å². The zero-order valence-electron chi connectivity index (χ0n) is 11.9. The van der Waals surface area contributed by atoms with Crippen molar-refractivity contribution < 1.29 is 14.4 Å². The zero-order valence-corrected chi connectivity index (χ0v) is 12.6. The minimum Gasteiger partial charge on any atom is -0.492 e. The number of ether oxygens (including phenoxy) is 2. The second kappa shape index (κ2) is 8.64. The standard InChI is InChI=1S/C14H20ClNO4/c1-3-5-9-19-11-7-8-12(20-10-6-4-2)14(13(11)15)16(17)18/h7-8H,3-6,9-10H2,1-2H3. The predicted molar refractivity (Wildman–Crippen MR) is 78.9 cm³/mol. The van der Waals surface area contributed by atoms with Crippen molar-refractivity contribution >= 4 is 17.3 Å². The van der Waals surface area contributed by atoms with Crippen molar-refractivity contribution in [1.29, 1.82) is 0 Å². The molecular weight excluding hydrogens is 282 g/mol. The maximum absolute atomic E-state index is 11.1. The largest absolute Gasteiger partial charge is 0.492 e. The molecule has 1 aromatic rings. The van der Waals surface area contributed by atoms with Gasteiger partial charge in [0, 0.05) is 0 Å². The summed E-state index contributed by atoms with van der Waals surface area (Å²) in [5.74, 6) is 0.519. The monoisotopic (exact) mass is 301 g/mol. The number of unbranched alkanes of at least 4 members (excludes halogenated alkanes) is 2. The Kier molecular flexibility index (Phi) is 7.15. The van der Waals surface area contributed by atoms with Gasteiger partial charge >= 0.3 is 5.69 Å². The minimum atomic E-state index is -0.531. The first-order chi connectivity index (χ1) is 9.61. The van der Waals surface area contributed by atoms with Crippen LogP contribution in [0.4, 0.5) is 5.69 Å². The highest BCUT2D eigenvalue weighted by molar-refractivity contribution is 6.34. The lowest BCUT2D eigenvalue weighted by Gasteiger charge is -2.11. The van der Waals surface area contributed by atoms with E-state index in [-0.39, 0.29) is 16.5 Å². The van der Waals surface area contributed by atoms with Gasteiger partial charge in [-0.3, -0.25) is 10.1 Å². The molecule has 0 spiro atoms. The second-order valence-corrected chi connectivity index (χ2v) is 4.76. The highest BCUT2D eigenvalue weighted by atomic mass is 35.5. The van der Waals surface area contributed by atoms with Gasteiger partial charge in [-0.05, 0) is 25.0 Å². The number of benzene rings is 1. The Morgan fingerprint density at radius 2 is 1.60 bits per heavy atom. The normalized spacial score (nSPS) is 10.3. The molecule has 0 aliphatic carbocycles. The summed E-state index contributed by atoms with van der Waals surface area (Å²) in [7, 11) is 0. The molecule has 0 amide bonds. The van der Waals surface area contributed by atoms with E-state index in [0.29, 0.717) is 19.0 Å². The Morgan fingerprint density at radius 3 is 2.10 bits per heavy atom. The van der Waals surface area contributed by atoms with Crippen molar-refractivity contribution in [2.75, 3.05) is 13.2 Å². The smallest absolute Gasteiger partial charge is 0.333 e. The van der Waals surface area contributed by atoms with E-state index in [1.165, 1.54) is 0 Å². The van der Waals surface area contributed by atoms with E-state index >= 15 is 0 Å². The lowest BCUT2D eigenvalue weighted by atomic mass is 10.2. The van der Waals surface area contributed by atoms with Crippen LogP contribution in [-0.4, -0.2) is 18.1 Å². The third-order valence-corrected chi connectivity index (χ3v) is 3.10. The zero-order chi connectivity index (χ0) is 15.0. The van der Waals surface area contributed by atoms with Crippen molar-refractivity contribution in [3.8, 4) is 11.5 Å². The van der Waals surface area contributed by atoms with Gasteiger partial charge in [-0.25, -0.2) is 0 Å². The predicted octanol–water partition coefficient (Wildman–Crippen LogP) is 4.61. The van der Waals surface area contributed by atoms with Crippen molar-refractivity contribution in [3.05, 3.63) is 27.3 Å². The Bertz CT molecular complexity index is 451. The van der Waals surface area contributed by atoms with Crippen LogP contribution in [0.5, 0.6) is 11.5 Å². The van der Waals surface area contributed by atoms with E-state index in [1.54, 1.807) is 12.1 Å². The van der Waals surface area contributed by atoms with E-state index in [2.05, 4.69) is 0 Å². The first-order valence-corrected chi connectivity index (χ1v) is 7.22. The van der Waals surface area contributed by atoms with Gasteiger partial charge in [0.2, 0.25) is 0 Å². The Balaban J connectivity index is 2.91. The summed E-state index contributed by atoms with van der Waals surface area (Å²) in [6, 6.07) is 3.16. The molecule has 0 saturated carbocycles. The van der Waals surface area contributed by atoms with Crippen molar-refractivity contribution in [2.24, 2.45) is 0 Å². The van der Waals surface area contributed by atoms with Crippen LogP contribution in [-0.2, 0) is 0 Å². The van der Waals surface area contributed by atoms with Crippen molar-refractivity contribution in [3.63, 3.8) is 0 Å². The summed E-state index contributed by atoms with van der Waals surface area (Å²) in [5.41, 5.74) is -0.225. The summed E-state index contributed by atoms with van der Waals surface area (Å²) < 4.78 is 10.9. The van der Waals surface area contributed by atoms with Gasteiger partial charge in [-0.1, -0.05) is 38.3 Å². The molecule has 0 unspecified atom stereocenters. The maximum Gasteiger partial charge on any atom is 0.333 e. The summed E-state index contributed by atoms with van der Waals surface area (Å²) in [5, 5.41) is 11.1. The molecule has 0 heterocycles. The molecule has 0 aliphatic rings. The first kappa shape index (κ1) is 16.6. The number of hydrogen-bond acceptors (Lipinski definition) is 4. The number of rotatable bonds is 9. The molecule has 5 nitrogen and oxygen atoms in total. The van der Waals surface area contributed by atoms with Crippen LogP contribution < -0.4 is 9.47 Å². The lowest BCUT2D eigenvalue weighted by Crippen LogP contribution is -2.03. The van der Waals surface area contributed by atoms with E-state index in [0.717, 1.165) is 25.7 Å². The quantitative estimate of drug-likeness (QED) is 0.380. The first-order valence-electron chi connectivity index (χ1n) is 6.84. The van der Waals surface area contributed by atoms with Crippen LogP contribution in [0.2, 0.25) is 5.02 Å². The molecule has 0 fully saturated rings. The number of halogens is 1. The fourth-order valence-electron chi connectivity index (χ4n) is 1.58. The highest BCUT2D eigenvalue weighted by Gasteiger charge is 2.24. The van der Waals surface area contributed by atoms with Crippen molar-refractivity contribution in [1.82, 2.24) is 0 Å². The Hall–Kier alpha value is -1.49.